The van der Waals surface area contributed by atoms with Crippen LogP contribution in [0.1, 0.15) is 16.6 Å². The second kappa shape index (κ2) is 5.65. The predicted octanol–water partition coefficient (Wildman–Crippen LogP) is 2.95. The first-order chi connectivity index (χ1) is 10.2. The van der Waals surface area contributed by atoms with Crippen molar-refractivity contribution in [1.82, 2.24) is 0 Å². The molecule has 1 aromatic carbocycles. The molecule has 6 heteroatoms. The van der Waals surface area contributed by atoms with Gasteiger partial charge in [-0.05, 0) is 25.1 Å². The summed E-state index contributed by atoms with van der Waals surface area (Å²) >= 11 is 1.30. The van der Waals surface area contributed by atoms with Crippen LogP contribution in [0.3, 0.4) is 0 Å². The fourth-order valence-corrected chi connectivity index (χ4v) is 3.16. The summed E-state index contributed by atoms with van der Waals surface area (Å²) < 4.78 is 16.3. The summed E-state index contributed by atoms with van der Waals surface area (Å²) in [5, 5.41) is 0. The van der Waals surface area contributed by atoms with Crippen molar-refractivity contribution in [3.63, 3.8) is 0 Å². The lowest BCUT2D eigenvalue weighted by molar-refractivity contribution is 0.0533. The lowest BCUT2D eigenvalue weighted by Crippen LogP contribution is -2.15. The summed E-state index contributed by atoms with van der Waals surface area (Å²) in [6.07, 6.45) is 0. The van der Waals surface area contributed by atoms with Gasteiger partial charge in [0.05, 0.1) is 12.3 Å². The minimum absolute atomic E-state index is 0.323. The van der Waals surface area contributed by atoms with Crippen molar-refractivity contribution in [3.8, 4) is 21.9 Å². The molecular weight excluding hydrogens is 290 g/mol. The molecule has 0 unspecified atom stereocenters. The number of rotatable bonds is 3. The number of ether oxygens (including phenoxy) is 3. The number of nitrogens with two attached hydrogens (primary N) is 1. The standard InChI is InChI=1S/C15H15NO4S/c1-2-18-15(17)14-10(16)8-12(21-14)9-4-3-5-11-13(9)20-7-6-19-11/h3-5,8H,2,6-7,16H2,1H3. The maximum absolute atomic E-state index is 11.9. The number of carbonyl (C=O) groups excluding carboxylic acids is 1. The molecule has 0 aliphatic carbocycles. The first-order valence-corrected chi connectivity index (χ1v) is 7.47. The Balaban J connectivity index is 2.02. The van der Waals surface area contributed by atoms with E-state index in [0.29, 0.717) is 41.9 Å². The van der Waals surface area contributed by atoms with Gasteiger partial charge in [-0.1, -0.05) is 6.07 Å². The third-order valence-electron chi connectivity index (χ3n) is 3.05. The average molecular weight is 305 g/mol. The van der Waals surface area contributed by atoms with Crippen molar-refractivity contribution >= 4 is 23.0 Å². The van der Waals surface area contributed by atoms with Crippen LogP contribution in [0, 0.1) is 0 Å². The molecule has 1 aliphatic heterocycles. The lowest BCUT2D eigenvalue weighted by atomic mass is 10.1. The number of thiophene rings is 1. The molecule has 5 nitrogen and oxygen atoms in total. The molecule has 3 rings (SSSR count). The van der Waals surface area contributed by atoms with E-state index in [1.54, 1.807) is 13.0 Å². The minimum atomic E-state index is -0.395. The molecule has 0 atom stereocenters. The molecule has 21 heavy (non-hydrogen) atoms. The summed E-state index contributed by atoms with van der Waals surface area (Å²) in [6.45, 7) is 3.14. The Bertz CT molecular complexity index is 680. The molecule has 0 fully saturated rings. The highest BCUT2D eigenvalue weighted by Crippen LogP contribution is 2.43. The zero-order valence-corrected chi connectivity index (χ0v) is 12.4. The van der Waals surface area contributed by atoms with Gasteiger partial charge in [0.1, 0.15) is 18.1 Å². The maximum Gasteiger partial charge on any atom is 0.350 e. The summed E-state index contributed by atoms with van der Waals surface area (Å²) in [5.41, 5.74) is 7.22. The van der Waals surface area contributed by atoms with E-state index in [2.05, 4.69) is 0 Å². The number of para-hydroxylation sites is 1. The quantitative estimate of drug-likeness (QED) is 0.883. The van der Waals surface area contributed by atoms with E-state index in [1.807, 2.05) is 18.2 Å². The summed E-state index contributed by atoms with van der Waals surface area (Å²) in [4.78, 5) is 13.1. The van der Waals surface area contributed by atoms with Gasteiger partial charge in [-0.15, -0.1) is 11.3 Å². The molecule has 2 aromatic rings. The van der Waals surface area contributed by atoms with Crippen LogP contribution >= 0.6 is 11.3 Å². The van der Waals surface area contributed by atoms with Gasteiger partial charge in [0.15, 0.2) is 11.5 Å². The zero-order valence-electron chi connectivity index (χ0n) is 11.5. The van der Waals surface area contributed by atoms with Crippen molar-refractivity contribution in [2.45, 2.75) is 6.92 Å². The molecule has 2 heterocycles. The highest BCUT2D eigenvalue weighted by atomic mass is 32.1. The summed E-state index contributed by atoms with van der Waals surface area (Å²) in [5.74, 6) is 1.01. The maximum atomic E-state index is 11.9. The molecule has 2 N–H and O–H groups in total. The summed E-state index contributed by atoms with van der Waals surface area (Å²) in [7, 11) is 0. The fraction of sp³-hybridized carbons (Fsp3) is 0.267. The SMILES string of the molecule is CCOC(=O)c1sc(-c2cccc3c2OCCO3)cc1N. The lowest BCUT2D eigenvalue weighted by Gasteiger charge is -2.20. The molecule has 0 bridgehead atoms. The van der Waals surface area contributed by atoms with Crippen molar-refractivity contribution in [1.29, 1.82) is 0 Å². The Morgan fingerprint density at radius 2 is 2.19 bits per heavy atom. The number of nitrogen functional groups attached to an aromatic ring is 1. The fourth-order valence-electron chi connectivity index (χ4n) is 2.16. The van der Waals surface area contributed by atoms with Gasteiger partial charge in [-0.2, -0.15) is 0 Å². The van der Waals surface area contributed by atoms with Crippen molar-refractivity contribution < 1.29 is 19.0 Å². The minimum Gasteiger partial charge on any atom is -0.486 e. The van der Waals surface area contributed by atoms with Crippen molar-refractivity contribution in [3.05, 3.63) is 29.1 Å². The highest BCUT2D eigenvalue weighted by Gasteiger charge is 2.21. The Labute approximate surface area is 126 Å². The van der Waals surface area contributed by atoms with E-state index in [-0.39, 0.29) is 0 Å². The smallest absolute Gasteiger partial charge is 0.350 e. The Morgan fingerprint density at radius 3 is 3.00 bits per heavy atom. The molecule has 1 aliphatic rings. The number of hydrogen-bond acceptors (Lipinski definition) is 6. The van der Waals surface area contributed by atoms with E-state index in [9.17, 15) is 4.79 Å². The number of esters is 1. The van der Waals surface area contributed by atoms with E-state index in [4.69, 9.17) is 19.9 Å². The first-order valence-electron chi connectivity index (χ1n) is 6.66. The van der Waals surface area contributed by atoms with Gasteiger partial charge < -0.3 is 19.9 Å². The Kier molecular flexibility index (Phi) is 3.70. The third kappa shape index (κ3) is 2.54. The Morgan fingerprint density at radius 1 is 1.38 bits per heavy atom. The third-order valence-corrected chi connectivity index (χ3v) is 4.22. The highest BCUT2D eigenvalue weighted by molar-refractivity contribution is 7.18. The molecule has 110 valence electrons. The van der Waals surface area contributed by atoms with Crippen LogP contribution in [-0.2, 0) is 4.74 Å². The van der Waals surface area contributed by atoms with Crippen LogP contribution in [0.2, 0.25) is 0 Å². The molecule has 0 amide bonds. The van der Waals surface area contributed by atoms with E-state index in [1.165, 1.54) is 11.3 Å². The van der Waals surface area contributed by atoms with E-state index in [0.717, 1.165) is 10.4 Å². The number of carbonyl (C=O) groups is 1. The van der Waals surface area contributed by atoms with Crippen molar-refractivity contribution in [2.75, 3.05) is 25.6 Å². The largest absolute Gasteiger partial charge is 0.486 e. The van der Waals surface area contributed by atoms with E-state index >= 15 is 0 Å². The van der Waals surface area contributed by atoms with Crippen LogP contribution < -0.4 is 15.2 Å². The van der Waals surface area contributed by atoms with Crippen LogP contribution in [0.5, 0.6) is 11.5 Å². The number of fused-ring (bicyclic) bond motifs is 1. The normalized spacial score (nSPS) is 13.0. The van der Waals surface area contributed by atoms with Crippen LogP contribution in [0.4, 0.5) is 5.69 Å². The monoisotopic (exact) mass is 305 g/mol. The number of anilines is 1. The Hall–Kier alpha value is -2.21. The second-order valence-electron chi connectivity index (χ2n) is 4.45. The van der Waals surface area contributed by atoms with Crippen molar-refractivity contribution in [2.24, 2.45) is 0 Å². The predicted molar refractivity (Wildman–Crippen MR) is 81.1 cm³/mol. The molecular formula is C15H15NO4S. The van der Waals surface area contributed by atoms with Crippen LogP contribution in [0.15, 0.2) is 24.3 Å². The average Bonchev–Trinajstić information content (AvgIpc) is 2.89. The second-order valence-corrected chi connectivity index (χ2v) is 5.50. The number of benzene rings is 1. The molecule has 0 radical (unpaired) electrons. The van der Waals surface area contributed by atoms with Gasteiger partial charge in [-0.3, -0.25) is 0 Å². The molecule has 0 saturated carbocycles. The molecule has 0 saturated heterocycles. The van der Waals surface area contributed by atoms with Gasteiger partial charge in [0.25, 0.3) is 0 Å². The first kappa shape index (κ1) is 13.8. The van der Waals surface area contributed by atoms with Gasteiger partial charge >= 0.3 is 5.97 Å². The topological polar surface area (TPSA) is 70.8 Å². The molecule has 0 spiro atoms. The number of hydrogen-bond donors (Lipinski definition) is 1. The summed E-state index contributed by atoms with van der Waals surface area (Å²) in [6, 6.07) is 7.45. The zero-order chi connectivity index (χ0) is 14.8. The van der Waals surface area contributed by atoms with Crippen LogP contribution in [0.25, 0.3) is 10.4 Å². The van der Waals surface area contributed by atoms with E-state index < -0.39 is 5.97 Å². The van der Waals surface area contributed by atoms with Crippen LogP contribution in [-0.4, -0.2) is 25.8 Å². The van der Waals surface area contributed by atoms with Gasteiger partial charge in [0.2, 0.25) is 0 Å². The van der Waals surface area contributed by atoms with Gasteiger partial charge in [-0.25, -0.2) is 4.79 Å². The van der Waals surface area contributed by atoms with Gasteiger partial charge in [0, 0.05) is 10.4 Å². The molecule has 1 aromatic heterocycles.